The van der Waals surface area contributed by atoms with E-state index in [1.165, 1.54) is 0 Å². The maximum atomic E-state index is 12.0. The monoisotopic (exact) mass is 268 g/mol. The number of nitrogens with one attached hydrogen (secondary N) is 1. The van der Waals surface area contributed by atoms with E-state index >= 15 is 0 Å². The molecular weight excluding hydrogens is 252 g/mol. The van der Waals surface area contributed by atoms with Crippen molar-refractivity contribution in [3.8, 4) is 6.07 Å². The van der Waals surface area contributed by atoms with Gasteiger partial charge in [-0.2, -0.15) is 5.26 Å². The van der Waals surface area contributed by atoms with Crippen LogP contribution in [0.3, 0.4) is 0 Å². The fraction of sp³-hybridized carbons (Fsp3) is 0.250. The molecule has 2 aromatic rings. The molecular formula is C16H16N2O2. The van der Waals surface area contributed by atoms with Crippen molar-refractivity contribution in [1.29, 1.82) is 5.26 Å². The maximum Gasteiger partial charge on any atom is 0.251 e. The number of rotatable bonds is 5. The molecule has 0 spiro atoms. The van der Waals surface area contributed by atoms with Crippen LogP contribution in [0.1, 0.15) is 35.0 Å². The zero-order chi connectivity index (χ0) is 14.4. The summed E-state index contributed by atoms with van der Waals surface area (Å²) in [4.78, 5) is 12.0. The molecule has 1 unspecified atom stereocenters. The zero-order valence-corrected chi connectivity index (χ0v) is 11.3. The van der Waals surface area contributed by atoms with Crippen molar-refractivity contribution in [3.63, 3.8) is 0 Å². The first-order valence-electron chi connectivity index (χ1n) is 6.52. The Morgan fingerprint density at radius 3 is 2.95 bits per heavy atom. The predicted molar refractivity (Wildman–Crippen MR) is 75.1 cm³/mol. The van der Waals surface area contributed by atoms with Gasteiger partial charge in [0.05, 0.1) is 17.9 Å². The van der Waals surface area contributed by atoms with E-state index in [0.717, 1.165) is 18.6 Å². The van der Waals surface area contributed by atoms with Crippen LogP contribution in [0.2, 0.25) is 0 Å². The Balaban J connectivity index is 1.88. The SMILES string of the molecule is CC(CCc1ccco1)NC(=O)c1cccc(C#N)c1. The summed E-state index contributed by atoms with van der Waals surface area (Å²) >= 11 is 0. The second-order valence-corrected chi connectivity index (χ2v) is 4.69. The molecule has 1 atom stereocenters. The number of carbonyl (C=O) groups excluding carboxylic acids is 1. The van der Waals surface area contributed by atoms with Gasteiger partial charge in [0.15, 0.2) is 0 Å². The van der Waals surface area contributed by atoms with Crippen LogP contribution < -0.4 is 5.32 Å². The van der Waals surface area contributed by atoms with Gasteiger partial charge in [-0.3, -0.25) is 4.79 Å². The number of hydrogen-bond donors (Lipinski definition) is 1. The van der Waals surface area contributed by atoms with E-state index < -0.39 is 0 Å². The first kappa shape index (κ1) is 13.9. The third kappa shape index (κ3) is 3.72. The molecule has 0 aliphatic rings. The van der Waals surface area contributed by atoms with Crippen LogP contribution in [0.15, 0.2) is 47.1 Å². The van der Waals surface area contributed by atoms with Crippen LogP contribution in [-0.2, 0) is 6.42 Å². The summed E-state index contributed by atoms with van der Waals surface area (Å²) in [6.07, 6.45) is 3.23. The van der Waals surface area contributed by atoms with Crippen LogP contribution in [0.25, 0.3) is 0 Å². The third-order valence-electron chi connectivity index (χ3n) is 3.04. The molecule has 0 saturated heterocycles. The van der Waals surface area contributed by atoms with E-state index in [4.69, 9.17) is 9.68 Å². The third-order valence-corrected chi connectivity index (χ3v) is 3.04. The fourth-order valence-corrected chi connectivity index (χ4v) is 1.92. The van der Waals surface area contributed by atoms with E-state index in [1.54, 1.807) is 30.5 Å². The Bertz CT molecular complexity index is 612. The molecule has 2 rings (SSSR count). The Morgan fingerprint density at radius 1 is 1.40 bits per heavy atom. The van der Waals surface area contributed by atoms with Crippen molar-refractivity contribution in [2.45, 2.75) is 25.8 Å². The number of benzene rings is 1. The Labute approximate surface area is 118 Å². The number of nitrogens with zero attached hydrogens (tertiary/aromatic N) is 1. The van der Waals surface area contributed by atoms with Crippen LogP contribution in [0, 0.1) is 11.3 Å². The van der Waals surface area contributed by atoms with Crippen molar-refractivity contribution < 1.29 is 9.21 Å². The van der Waals surface area contributed by atoms with Gasteiger partial charge in [-0.05, 0) is 43.7 Å². The minimum atomic E-state index is -0.158. The molecule has 102 valence electrons. The Morgan fingerprint density at radius 2 is 2.25 bits per heavy atom. The van der Waals surface area contributed by atoms with E-state index in [2.05, 4.69) is 5.32 Å². The van der Waals surface area contributed by atoms with Gasteiger partial charge in [-0.15, -0.1) is 0 Å². The molecule has 20 heavy (non-hydrogen) atoms. The molecule has 1 amide bonds. The van der Waals surface area contributed by atoms with Crippen molar-refractivity contribution in [2.24, 2.45) is 0 Å². The molecule has 1 N–H and O–H groups in total. The lowest BCUT2D eigenvalue weighted by Crippen LogP contribution is -2.32. The highest BCUT2D eigenvalue weighted by atomic mass is 16.3. The average molecular weight is 268 g/mol. The molecule has 0 fully saturated rings. The van der Waals surface area contributed by atoms with Gasteiger partial charge >= 0.3 is 0 Å². The molecule has 0 saturated carbocycles. The van der Waals surface area contributed by atoms with Crippen LogP contribution in [0.5, 0.6) is 0 Å². The van der Waals surface area contributed by atoms with E-state index in [9.17, 15) is 4.79 Å². The number of aryl methyl sites for hydroxylation is 1. The summed E-state index contributed by atoms with van der Waals surface area (Å²) in [6, 6.07) is 12.5. The fourth-order valence-electron chi connectivity index (χ4n) is 1.92. The summed E-state index contributed by atoms with van der Waals surface area (Å²) in [7, 11) is 0. The molecule has 0 aliphatic heterocycles. The highest BCUT2D eigenvalue weighted by Crippen LogP contribution is 2.08. The smallest absolute Gasteiger partial charge is 0.251 e. The largest absolute Gasteiger partial charge is 0.469 e. The second-order valence-electron chi connectivity index (χ2n) is 4.69. The highest BCUT2D eigenvalue weighted by molar-refractivity contribution is 5.94. The Hall–Kier alpha value is -2.54. The summed E-state index contributed by atoms with van der Waals surface area (Å²) in [5.41, 5.74) is 0.995. The van der Waals surface area contributed by atoms with E-state index in [1.807, 2.05) is 25.1 Å². The first-order valence-corrected chi connectivity index (χ1v) is 6.52. The number of nitriles is 1. The summed E-state index contributed by atoms with van der Waals surface area (Å²) in [6.45, 7) is 1.95. The quantitative estimate of drug-likeness (QED) is 0.906. The van der Waals surface area contributed by atoms with Gasteiger partial charge in [-0.1, -0.05) is 6.07 Å². The average Bonchev–Trinajstić information content (AvgIpc) is 2.98. The molecule has 1 aromatic heterocycles. The second kappa shape index (κ2) is 6.58. The first-order chi connectivity index (χ1) is 9.69. The van der Waals surface area contributed by atoms with Crippen molar-refractivity contribution >= 4 is 5.91 Å². The van der Waals surface area contributed by atoms with Crippen LogP contribution in [-0.4, -0.2) is 11.9 Å². The topological polar surface area (TPSA) is 66.0 Å². The lowest BCUT2D eigenvalue weighted by molar-refractivity contribution is 0.0938. The normalized spacial score (nSPS) is 11.6. The lowest BCUT2D eigenvalue weighted by Gasteiger charge is -2.13. The minimum absolute atomic E-state index is 0.0401. The highest BCUT2D eigenvalue weighted by Gasteiger charge is 2.10. The molecule has 0 bridgehead atoms. The van der Waals surface area contributed by atoms with Gasteiger partial charge in [0, 0.05) is 18.0 Å². The molecule has 0 aliphatic carbocycles. The summed E-state index contributed by atoms with van der Waals surface area (Å²) in [5, 5.41) is 11.7. The zero-order valence-electron chi connectivity index (χ0n) is 11.3. The standard InChI is InChI=1S/C16H16N2O2/c1-12(7-8-15-6-3-9-20-15)18-16(19)14-5-2-4-13(10-14)11-17/h2-6,9-10,12H,7-8H2,1H3,(H,18,19). The molecule has 4 nitrogen and oxygen atoms in total. The van der Waals surface area contributed by atoms with E-state index in [0.29, 0.717) is 11.1 Å². The lowest BCUT2D eigenvalue weighted by atomic mass is 10.1. The molecule has 1 aromatic carbocycles. The molecule has 1 heterocycles. The summed E-state index contributed by atoms with van der Waals surface area (Å²) < 4.78 is 5.26. The van der Waals surface area contributed by atoms with E-state index in [-0.39, 0.29) is 11.9 Å². The van der Waals surface area contributed by atoms with Gasteiger partial charge in [0.25, 0.3) is 5.91 Å². The number of carbonyl (C=O) groups is 1. The van der Waals surface area contributed by atoms with Crippen LogP contribution in [0.4, 0.5) is 0 Å². The number of furan rings is 1. The predicted octanol–water partition coefficient (Wildman–Crippen LogP) is 2.90. The van der Waals surface area contributed by atoms with Gasteiger partial charge in [-0.25, -0.2) is 0 Å². The van der Waals surface area contributed by atoms with Crippen LogP contribution >= 0.6 is 0 Å². The van der Waals surface area contributed by atoms with Gasteiger partial charge in [0.1, 0.15) is 5.76 Å². The van der Waals surface area contributed by atoms with Gasteiger partial charge < -0.3 is 9.73 Å². The van der Waals surface area contributed by atoms with Crippen molar-refractivity contribution in [1.82, 2.24) is 5.32 Å². The van der Waals surface area contributed by atoms with Crippen molar-refractivity contribution in [2.75, 3.05) is 0 Å². The maximum absolute atomic E-state index is 12.0. The molecule has 4 heteroatoms. The van der Waals surface area contributed by atoms with Crippen molar-refractivity contribution in [3.05, 3.63) is 59.5 Å². The molecule has 0 radical (unpaired) electrons. The van der Waals surface area contributed by atoms with Gasteiger partial charge in [0.2, 0.25) is 0 Å². The Kier molecular flexibility index (Phi) is 4.56. The number of hydrogen-bond acceptors (Lipinski definition) is 3. The summed E-state index contributed by atoms with van der Waals surface area (Å²) in [5.74, 6) is 0.756. The number of amides is 1. The minimum Gasteiger partial charge on any atom is -0.469 e.